The third-order valence-corrected chi connectivity index (χ3v) is 4.60. The predicted octanol–water partition coefficient (Wildman–Crippen LogP) is 2.01. The van der Waals surface area contributed by atoms with Crippen LogP contribution in [-0.2, 0) is 18.9 Å². The third kappa shape index (κ3) is 3.69. The Morgan fingerprint density at radius 2 is 1.63 bits per heavy atom. The van der Waals surface area contributed by atoms with Gasteiger partial charge in [0, 0.05) is 0 Å². The van der Waals surface area contributed by atoms with Crippen LogP contribution in [0.1, 0.15) is 33.6 Å². The summed E-state index contributed by atoms with van der Waals surface area (Å²) in [6, 6.07) is 0. The van der Waals surface area contributed by atoms with Crippen LogP contribution in [-0.4, -0.2) is 50.8 Å². The lowest BCUT2D eigenvalue weighted by Crippen LogP contribution is -2.46. The highest BCUT2D eigenvalue weighted by molar-refractivity contribution is 4.92. The van der Waals surface area contributed by atoms with E-state index >= 15 is 0 Å². The Kier molecular flexibility index (Phi) is 3.87. The molecule has 5 unspecified atom stereocenters. The fourth-order valence-corrected chi connectivity index (χ4v) is 2.96. The Balaban J connectivity index is 1.50. The van der Waals surface area contributed by atoms with Gasteiger partial charge in [-0.25, -0.2) is 0 Å². The van der Waals surface area contributed by atoms with Gasteiger partial charge in [0.15, 0.2) is 0 Å². The minimum Gasteiger partial charge on any atom is -0.375 e. The lowest BCUT2D eigenvalue weighted by Gasteiger charge is -2.45. The fourth-order valence-electron chi connectivity index (χ4n) is 2.96. The average molecular weight is 270 g/mol. The van der Waals surface area contributed by atoms with E-state index in [4.69, 9.17) is 18.9 Å². The van der Waals surface area contributed by atoms with Gasteiger partial charge >= 0.3 is 0 Å². The molecule has 19 heavy (non-hydrogen) atoms. The van der Waals surface area contributed by atoms with Crippen molar-refractivity contribution in [2.45, 2.75) is 58.0 Å². The van der Waals surface area contributed by atoms with Crippen LogP contribution in [0.2, 0.25) is 0 Å². The van der Waals surface area contributed by atoms with Crippen LogP contribution in [0, 0.1) is 11.3 Å². The molecule has 0 amide bonds. The summed E-state index contributed by atoms with van der Waals surface area (Å²) in [5.74, 6) is 0.553. The number of hydrogen-bond donors (Lipinski definition) is 0. The van der Waals surface area contributed by atoms with E-state index in [1.807, 2.05) is 0 Å². The van der Waals surface area contributed by atoms with E-state index in [1.165, 1.54) is 0 Å². The summed E-state index contributed by atoms with van der Waals surface area (Å²) in [5.41, 5.74) is 0.177. The molecule has 110 valence electrons. The van der Waals surface area contributed by atoms with Crippen molar-refractivity contribution in [1.29, 1.82) is 0 Å². The molecule has 0 aromatic rings. The molecule has 0 aromatic heterocycles. The van der Waals surface area contributed by atoms with Crippen molar-refractivity contribution >= 4 is 0 Å². The molecule has 2 aliphatic heterocycles. The minimum absolute atomic E-state index is 0.177. The number of hydrogen-bond acceptors (Lipinski definition) is 4. The highest BCUT2D eigenvalue weighted by Crippen LogP contribution is 2.42. The standard InChI is InChI=1S/C15H26O4/c1-10-4-14(19-9-12-7-17-12)15(2,3)5-13(10)18-8-11-6-16-11/h10-14H,4-9H2,1-3H3. The second-order valence-electron chi connectivity index (χ2n) is 7.01. The van der Waals surface area contributed by atoms with E-state index in [0.717, 1.165) is 39.3 Å². The van der Waals surface area contributed by atoms with E-state index < -0.39 is 0 Å². The Morgan fingerprint density at radius 3 is 2.21 bits per heavy atom. The molecule has 3 fully saturated rings. The van der Waals surface area contributed by atoms with Gasteiger partial charge in [-0.05, 0) is 24.2 Å². The van der Waals surface area contributed by atoms with Crippen molar-refractivity contribution in [2.75, 3.05) is 26.4 Å². The summed E-state index contributed by atoms with van der Waals surface area (Å²) in [7, 11) is 0. The summed E-state index contributed by atoms with van der Waals surface area (Å²) in [6.45, 7) is 10.1. The van der Waals surface area contributed by atoms with Crippen molar-refractivity contribution in [3.8, 4) is 0 Å². The number of epoxide rings is 2. The maximum absolute atomic E-state index is 6.07. The molecule has 1 aliphatic carbocycles. The quantitative estimate of drug-likeness (QED) is 0.693. The number of rotatable bonds is 6. The van der Waals surface area contributed by atoms with Crippen molar-refractivity contribution < 1.29 is 18.9 Å². The zero-order valence-electron chi connectivity index (χ0n) is 12.3. The van der Waals surface area contributed by atoms with Gasteiger partial charge in [0.1, 0.15) is 12.2 Å². The van der Waals surface area contributed by atoms with Crippen LogP contribution in [0.15, 0.2) is 0 Å². The first-order valence-electron chi connectivity index (χ1n) is 7.51. The molecular weight excluding hydrogens is 244 g/mol. The molecule has 4 nitrogen and oxygen atoms in total. The van der Waals surface area contributed by atoms with Gasteiger partial charge in [0.2, 0.25) is 0 Å². The van der Waals surface area contributed by atoms with Gasteiger partial charge in [0.05, 0.1) is 38.6 Å². The normalized spacial score (nSPS) is 44.1. The smallest absolute Gasteiger partial charge is 0.104 e. The second-order valence-corrected chi connectivity index (χ2v) is 7.01. The van der Waals surface area contributed by atoms with Crippen LogP contribution in [0.5, 0.6) is 0 Å². The van der Waals surface area contributed by atoms with Crippen molar-refractivity contribution in [3.05, 3.63) is 0 Å². The third-order valence-electron chi connectivity index (χ3n) is 4.60. The SMILES string of the molecule is CC1CC(OCC2CO2)C(C)(C)CC1OCC1CO1. The van der Waals surface area contributed by atoms with Crippen molar-refractivity contribution in [3.63, 3.8) is 0 Å². The van der Waals surface area contributed by atoms with E-state index in [0.29, 0.717) is 30.3 Å². The molecule has 0 radical (unpaired) electrons. The van der Waals surface area contributed by atoms with E-state index in [-0.39, 0.29) is 5.41 Å². The summed E-state index contributed by atoms with van der Waals surface area (Å²) in [6.07, 6.45) is 3.52. The van der Waals surface area contributed by atoms with Crippen LogP contribution >= 0.6 is 0 Å². The van der Waals surface area contributed by atoms with Crippen LogP contribution in [0.4, 0.5) is 0 Å². The molecule has 2 heterocycles. The Labute approximate surface area is 115 Å². The van der Waals surface area contributed by atoms with E-state index in [2.05, 4.69) is 20.8 Å². The molecule has 1 saturated carbocycles. The first-order valence-corrected chi connectivity index (χ1v) is 7.51. The topological polar surface area (TPSA) is 43.5 Å². The number of ether oxygens (including phenoxy) is 4. The Morgan fingerprint density at radius 1 is 1.05 bits per heavy atom. The largest absolute Gasteiger partial charge is 0.375 e. The molecule has 2 saturated heterocycles. The van der Waals surface area contributed by atoms with Gasteiger partial charge in [-0.1, -0.05) is 20.8 Å². The highest BCUT2D eigenvalue weighted by Gasteiger charge is 2.42. The van der Waals surface area contributed by atoms with Crippen LogP contribution in [0.3, 0.4) is 0 Å². The maximum atomic E-state index is 6.07. The molecule has 0 aromatic carbocycles. The van der Waals surface area contributed by atoms with Gasteiger partial charge < -0.3 is 18.9 Å². The average Bonchev–Trinajstić information content (AvgIpc) is 3.22. The van der Waals surface area contributed by atoms with Crippen LogP contribution in [0.25, 0.3) is 0 Å². The Hall–Kier alpha value is -0.160. The highest BCUT2D eigenvalue weighted by atomic mass is 16.6. The monoisotopic (exact) mass is 270 g/mol. The van der Waals surface area contributed by atoms with Gasteiger partial charge in [0.25, 0.3) is 0 Å². The molecule has 3 rings (SSSR count). The van der Waals surface area contributed by atoms with E-state index in [1.54, 1.807) is 0 Å². The van der Waals surface area contributed by atoms with Crippen molar-refractivity contribution in [1.82, 2.24) is 0 Å². The van der Waals surface area contributed by atoms with Gasteiger partial charge in [-0.3, -0.25) is 0 Å². The minimum atomic E-state index is 0.177. The molecule has 4 heteroatoms. The molecule has 0 bridgehead atoms. The molecule has 5 atom stereocenters. The molecular formula is C15H26O4. The lowest BCUT2D eigenvalue weighted by molar-refractivity contribution is -0.123. The summed E-state index contributed by atoms with van der Waals surface area (Å²) in [5, 5.41) is 0. The van der Waals surface area contributed by atoms with E-state index in [9.17, 15) is 0 Å². The Bertz CT molecular complexity index is 309. The van der Waals surface area contributed by atoms with Crippen molar-refractivity contribution in [2.24, 2.45) is 11.3 Å². The summed E-state index contributed by atoms with van der Waals surface area (Å²) >= 11 is 0. The first-order chi connectivity index (χ1) is 9.04. The maximum Gasteiger partial charge on any atom is 0.104 e. The molecule has 0 spiro atoms. The van der Waals surface area contributed by atoms with Gasteiger partial charge in [-0.15, -0.1) is 0 Å². The summed E-state index contributed by atoms with van der Waals surface area (Å²) < 4.78 is 22.5. The summed E-state index contributed by atoms with van der Waals surface area (Å²) in [4.78, 5) is 0. The van der Waals surface area contributed by atoms with Crippen LogP contribution < -0.4 is 0 Å². The molecule has 3 aliphatic rings. The van der Waals surface area contributed by atoms with Gasteiger partial charge in [-0.2, -0.15) is 0 Å². The first kappa shape index (κ1) is 13.8. The molecule has 0 N–H and O–H groups in total. The zero-order chi connectivity index (χ0) is 13.5. The predicted molar refractivity (Wildman–Crippen MR) is 71.1 cm³/mol. The fraction of sp³-hybridized carbons (Fsp3) is 1.00. The second kappa shape index (κ2) is 5.32. The zero-order valence-corrected chi connectivity index (χ0v) is 12.3. The lowest BCUT2D eigenvalue weighted by atomic mass is 9.69.